The Labute approximate surface area is 138 Å². The molecule has 2 aromatic carbocycles. The molecular formula is C19H20ClNSi. The second-order valence-electron chi connectivity index (χ2n) is 6.70. The van der Waals surface area contributed by atoms with Gasteiger partial charge in [0.1, 0.15) is 14.1 Å². The third-order valence-corrected chi connectivity index (χ3v) is 4.82. The molecule has 3 heteroatoms. The molecule has 1 aliphatic rings. The third-order valence-electron chi connectivity index (χ3n) is 3.67. The lowest BCUT2D eigenvalue weighted by Gasteiger charge is -2.05. The van der Waals surface area contributed by atoms with E-state index < -0.39 is 8.07 Å². The second kappa shape index (κ2) is 5.83. The van der Waals surface area contributed by atoms with Crippen molar-refractivity contribution in [1.29, 1.82) is 0 Å². The SMILES string of the molecule is C[Si](C)(C)C#C[C@@H]1[C@H](c2ccc(Cl)cc2)N1c1ccccc1. The zero-order valence-corrected chi connectivity index (χ0v) is 14.9. The molecule has 0 saturated carbocycles. The minimum atomic E-state index is -1.36. The number of hydrogen-bond acceptors (Lipinski definition) is 1. The zero-order chi connectivity index (χ0) is 15.7. The number of anilines is 1. The molecule has 0 aromatic heterocycles. The van der Waals surface area contributed by atoms with Gasteiger partial charge in [0.25, 0.3) is 0 Å². The molecule has 22 heavy (non-hydrogen) atoms. The van der Waals surface area contributed by atoms with Crippen molar-refractivity contribution in [1.82, 2.24) is 0 Å². The largest absolute Gasteiger partial charge is 0.345 e. The molecule has 3 rings (SSSR count). The molecule has 0 bridgehead atoms. The summed E-state index contributed by atoms with van der Waals surface area (Å²) in [6.07, 6.45) is 0. The lowest BCUT2D eigenvalue weighted by molar-refractivity contribution is 1.10. The van der Waals surface area contributed by atoms with Crippen LogP contribution in [-0.2, 0) is 0 Å². The van der Waals surface area contributed by atoms with Gasteiger partial charge in [-0.2, -0.15) is 0 Å². The van der Waals surface area contributed by atoms with Crippen molar-refractivity contribution in [3.05, 3.63) is 65.2 Å². The van der Waals surface area contributed by atoms with Crippen LogP contribution in [0.15, 0.2) is 54.6 Å². The van der Waals surface area contributed by atoms with Gasteiger partial charge in [-0.1, -0.05) is 67.5 Å². The molecule has 0 spiro atoms. The first-order chi connectivity index (χ1) is 10.5. The van der Waals surface area contributed by atoms with Gasteiger partial charge in [-0.3, -0.25) is 0 Å². The third kappa shape index (κ3) is 3.38. The monoisotopic (exact) mass is 325 g/mol. The lowest BCUT2D eigenvalue weighted by atomic mass is 10.1. The fourth-order valence-corrected chi connectivity index (χ4v) is 3.30. The van der Waals surface area contributed by atoms with Gasteiger partial charge in [0.2, 0.25) is 0 Å². The van der Waals surface area contributed by atoms with Crippen molar-refractivity contribution in [2.45, 2.75) is 31.7 Å². The summed E-state index contributed by atoms with van der Waals surface area (Å²) < 4.78 is 0. The van der Waals surface area contributed by atoms with Crippen LogP contribution in [0.5, 0.6) is 0 Å². The Morgan fingerprint density at radius 3 is 2.18 bits per heavy atom. The van der Waals surface area contributed by atoms with Gasteiger partial charge < -0.3 is 4.90 Å². The second-order valence-corrected chi connectivity index (χ2v) is 11.9. The molecule has 0 N–H and O–H groups in total. The molecular weight excluding hydrogens is 306 g/mol. The summed E-state index contributed by atoms with van der Waals surface area (Å²) in [6.45, 7) is 6.85. The molecule has 0 radical (unpaired) electrons. The predicted molar refractivity (Wildman–Crippen MR) is 98.0 cm³/mol. The van der Waals surface area contributed by atoms with Crippen LogP contribution in [0.1, 0.15) is 11.6 Å². The number of halogens is 1. The van der Waals surface area contributed by atoms with Crippen LogP contribution in [0.3, 0.4) is 0 Å². The predicted octanol–water partition coefficient (Wildman–Crippen LogP) is 5.15. The first-order valence-corrected chi connectivity index (χ1v) is 11.4. The number of nitrogens with zero attached hydrogens (tertiary/aromatic N) is 1. The summed E-state index contributed by atoms with van der Waals surface area (Å²) in [7, 11) is -1.36. The molecule has 2 atom stereocenters. The van der Waals surface area contributed by atoms with Gasteiger partial charge in [0, 0.05) is 10.7 Å². The highest BCUT2D eigenvalue weighted by molar-refractivity contribution is 6.83. The van der Waals surface area contributed by atoms with Gasteiger partial charge in [-0.15, -0.1) is 5.54 Å². The van der Waals surface area contributed by atoms with Gasteiger partial charge in [-0.05, 0) is 29.8 Å². The molecule has 1 fully saturated rings. The van der Waals surface area contributed by atoms with Gasteiger partial charge in [-0.25, -0.2) is 0 Å². The Morgan fingerprint density at radius 1 is 0.955 bits per heavy atom. The number of rotatable bonds is 2. The lowest BCUT2D eigenvalue weighted by Crippen LogP contribution is -2.17. The van der Waals surface area contributed by atoms with Crippen molar-refractivity contribution in [3.63, 3.8) is 0 Å². The summed E-state index contributed by atoms with van der Waals surface area (Å²) in [4.78, 5) is 2.39. The van der Waals surface area contributed by atoms with E-state index in [1.165, 1.54) is 11.3 Å². The molecule has 2 aromatic rings. The molecule has 1 saturated heterocycles. The summed E-state index contributed by atoms with van der Waals surface area (Å²) in [6, 6.07) is 19.3. The molecule has 1 heterocycles. The average Bonchev–Trinajstić information content (AvgIpc) is 3.20. The molecule has 0 amide bonds. The highest BCUT2D eigenvalue weighted by Crippen LogP contribution is 2.46. The maximum absolute atomic E-state index is 6.01. The molecule has 1 aliphatic heterocycles. The zero-order valence-electron chi connectivity index (χ0n) is 13.2. The van der Waals surface area contributed by atoms with Crippen LogP contribution in [-0.4, -0.2) is 14.1 Å². The van der Waals surface area contributed by atoms with E-state index in [1.807, 2.05) is 18.2 Å². The van der Waals surface area contributed by atoms with E-state index in [-0.39, 0.29) is 6.04 Å². The minimum Gasteiger partial charge on any atom is -0.345 e. The maximum atomic E-state index is 6.01. The topological polar surface area (TPSA) is 3.01 Å². The van der Waals surface area contributed by atoms with Gasteiger partial charge in [0.05, 0.1) is 6.04 Å². The van der Waals surface area contributed by atoms with Gasteiger partial charge in [0.15, 0.2) is 0 Å². The normalized spacial score (nSPS) is 20.3. The summed E-state index contributed by atoms with van der Waals surface area (Å²) >= 11 is 6.01. The van der Waals surface area contributed by atoms with E-state index in [4.69, 9.17) is 11.6 Å². The van der Waals surface area contributed by atoms with E-state index in [0.29, 0.717) is 6.04 Å². The Morgan fingerprint density at radius 2 is 1.59 bits per heavy atom. The quantitative estimate of drug-likeness (QED) is 0.419. The van der Waals surface area contributed by atoms with Crippen molar-refractivity contribution in [2.75, 3.05) is 4.90 Å². The molecule has 112 valence electrons. The average molecular weight is 326 g/mol. The molecule has 1 nitrogen and oxygen atoms in total. The van der Waals surface area contributed by atoms with Crippen LogP contribution in [0.2, 0.25) is 24.7 Å². The summed E-state index contributed by atoms with van der Waals surface area (Å²) in [5, 5.41) is 0.778. The van der Waals surface area contributed by atoms with Gasteiger partial charge >= 0.3 is 0 Å². The maximum Gasteiger partial charge on any atom is 0.129 e. The summed E-state index contributed by atoms with van der Waals surface area (Å²) in [5.74, 6) is 3.51. The Kier molecular flexibility index (Phi) is 4.03. The molecule has 0 aliphatic carbocycles. The standard InChI is InChI=1S/C19H20ClNSi/c1-22(2,3)14-13-18-19(15-9-11-16(20)12-10-15)21(18)17-7-5-4-6-8-17/h4-12,18-19H,1-3H3/t18-,19+,21?/m1/s1. The van der Waals surface area contributed by atoms with Crippen molar-refractivity contribution >= 4 is 25.4 Å². The van der Waals surface area contributed by atoms with Crippen molar-refractivity contribution < 1.29 is 0 Å². The summed E-state index contributed by atoms with van der Waals surface area (Å²) in [5.41, 5.74) is 6.03. The van der Waals surface area contributed by atoms with E-state index in [2.05, 4.69) is 72.4 Å². The fraction of sp³-hybridized carbons (Fsp3) is 0.263. The number of para-hydroxylation sites is 1. The van der Waals surface area contributed by atoms with E-state index in [1.54, 1.807) is 0 Å². The number of hydrogen-bond donors (Lipinski definition) is 0. The van der Waals surface area contributed by atoms with Crippen LogP contribution >= 0.6 is 11.6 Å². The van der Waals surface area contributed by atoms with E-state index >= 15 is 0 Å². The van der Waals surface area contributed by atoms with Crippen LogP contribution in [0.4, 0.5) is 5.69 Å². The first-order valence-electron chi connectivity index (χ1n) is 7.57. The highest BCUT2D eigenvalue weighted by Gasteiger charge is 2.47. The number of benzene rings is 2. The molecule has 0 unspecified atom stereocenters. The van der Waals surface area contributed by atoms with Crippen LogP contribution in [0, 0.1) is 11.5 Å². The smallest absolute Gasteiger partial charge is 0.129 e. The Hall–Kier alpha value is -1.69. The first kappa shape index (κ1) is 15.2. The van der Waals surface area contributed by atoms with Crippen LogP contribution < -0.4 is 4.90 Å². The minimum absolute atomic E-state index is 0.273. The van der Waals surface area contributed by atoms with E-state index in [9.17, 15) is 0 Å². The highest BCUT2D eigenvalue weighted by atomic mass is 35.5. The van der Waals surface area contributed by atoms with Crippen LogP contribution in [0.25, 0.3) is 0 Å². The van der Waals surface area contributed by atoms with Crippen molar-refractivity contribution in [3.8, 4) is 11.5 Å². The van der Waals surface area contributed by atoms with Crippen molar-refractivity contribution in [2.24, 2.45) is 0 Å². The Balaban J connectivity index is 1.91. The van der Waals surface area contributed by atoms with E-state index in [0.717, 1.165) is 5.02 Å². The fourth-order valence-electron chi connectivity index (χ4n) is 2.59. The Bertz CT molecular complexity index is 707.